The lowest BCUT2D eigenvalue weighted by atomic mass is 9.75. The Labute approximate surface area is 79.0 Å². The predicted octanol–water partition coefficient (Wildman–Crippen LogP) is -1.64. The highest BCUT2D eigenvalue weighted by atomic mass is 15.0. The smallest absolute Gasteiger partial charge is 0.0681 e. The van der Waals surface area contributed by atoms with Gasteiger partial charge in [-0.3, -0.25) is 0 Å². The van der Waals surface area contributed by atoms with E-state index < -0.39 is 11.8 Å². The van der Waals surface area contributed by atoms with Crippen LogP contribution in [0, 0.1) is 5.92 Å². The van der Waals surface area contributed by atoms with Crippen molar-refractivity contribution in [3.8, 4) is 0 Å². The summed E-state index contributed by atoms with van der Waals surface area (Å²) in [6, 6.07) is -0.296. The van der Waals surface area contributed by atoms with E-state index in [9.17, 15) is 0 Å². The fourth-order valence-corrected chi connectivity index (χ4v) is 2.07. The number of hydrogen-bond acceptors (Lipinski definition) is 5. The van der Waals surface area contributed by atoms with Crippen molar-refractivity contribution >= 4 is 0 Å². The molecule has 5 nitrogen and oxygen atoms in total. The van der Waals surface area contributed by atoms with Crippen LogP contribution in [-0.4, -0.2) is 17.9 Å². The summed E-state index contributed by atoms with van der Waals surface area (Å²) in [7, 11) is 0. The second-order valence-corrected chi connectivity index (χ2v) is 4.12. The van der Waals surface area contributed by atoms with E-state index in [4.69, 9.17) is 28.7 Å². The molecule has 1 aliphatic carbocycles. The third-order valence-electron chi connectivity index (χ3n) is 2.97. The molecule has 0 bridgehead atoms. The van der Waals surface area contributed by atoms with Gasteiger partial charge in [-0.2, -0.15) is 0 Å². The zero-order valence-corrected chi connectivity index (χ0v) is 7.95. The summed E-state index contributed by atoms with van der Waals surface area (Å²) in [4.78, 5) is 0. The van der Waals surface area contributed by atoms with Gasteiger partial charge >= 0.3 is 0 Å². The Kier molecular flexibility index (Phi) is 3.26. The topological polar surface area (TPSA) is 130 Å². The highest BCUT2D eigenvalue weighted by molar-refractivity contribution is 4.96. The quantitative estimate of drug-likeness (QED) is 0.331. The van der Waals surface area contributed by atoms with E-state index in [-0.39, 0.29) is 12.0 Å². The van der Waals surface area contributed by atoms with Crippen molar-refractivity contribution in [2.45, 2.75) is 43.6 Å². The van der Waals surface area contributed by atoms with Crippen LogP contribution in [0.4, 0.5) is 0 Å². The van der Waals surface area contributed by atoms with Gasteiger partial charge in [0.1, 0.15) is 0 Å². The van der Waals surface area contributed by atoms with Crippen molar-refractivity contribution in [1.29, 1.82) is 0 Å². The lowest BCUT2D eigenvalue weighted by molar-refractivity contribution is 0.154. The second kappa shape index (κ2) is 3.89. The van der Waals surface area contributed by atoms with Crippen LogP contribution < -0.4 is 28.7 Å². The molecule has 2 unspecified atom stereocenters. The first-order chi connectivity index (χ1) is 5.95. The molecule has 10 N–H and O–H groups in total. The molecule has 0 aromatic carbocycles. The molecule has 0 saturated heterocycles. The molecule has 0 heterocycles. The maximum atomic E-state index is 5.95. The summed E-state index contributed by atoms with van der Waals surface area (Å²) < 4.78 is 0. The van der Waals surface area contributed by atoms with Crippen LogP contribution >= 0.6 is 0 Å². The Morgan fingerprint density at radius 1 is 1.08 bits per heavy atom. The molecule has 0 radical (unpaired) electrons. The largest absolute Gasteiger partial charge is 0.325 e. The van der Waals surface area contributed by atoms with Crippen molar-refractivity contribution in [3.63, 3.8) is 0 Å². The molecule has 2 atom stereocenters. The average Bonchev–Trinajstić information content (AvgIpc) is 2.02. The molecule has 0 aromatic heterocycles. The van der Waals surface area contributed by atoms with Crippen molar-refractivity contribution in [1.82, 2.24) is 0 Å². The van der Waals surface area contributed by atoms with E-state index in [1.807, 2.05) is 0 Å². The van der Waals surface area contributed by atoms with Crippen LogP contribution in [0.1, 0.15) is 25.7 Å². The fourth-order valence-electron chi connectivity index (χ4n) is 2.07. The summed E-state index contributed by atoms with van der Waals surface area (Å²) >= 11 is 0. The zero-order valence-electron chi connectivity index (χ0n) is 7.95. The lowest BCUT2D eigenvalue weighted by Gasteiger charge is -2.42. The molecular weight excluding hydrogens is 166 g/mol. The molecule has 1 aliphatic rings. The van der Waals surface area contributed by atoms with Gasteiger partial charge in [0.15, 0.2) is 0 Å². The van der Waals surface area contributed by atoms with Gasteiger partial charge in [0.2, 0.25) is 0 Å². The molecule has 13 heavy (non-hydrogen) atoms. The number of rotatable bonds is 2. The van der Waals surface area contributed by atoms with Gasteiger partial charge in [-0.15, -0.1) is 0 Å². The molecule has 5 heteroatoms. The Balaban J connectivity index is 2.65. The van der Waals surface area contributed by atoms with E-state index >= 15 is 0 Å². The van der Waals surface area contributed by atoms with Gasteiger partial charge < -0.3 is 28.7 Å². The highest BCUT2D eigenvalue weighted by Crippen LogP contribution is 2.30. The first-order valence-electron chi connectivity index (χ1n) is 4.79. The predicted molar refractivity (Wildman–Crippen MR) is 53.2 cm³/mol. The number of hydrogen-bond donors (Lipinski definition) is 5. The maximum Gasteiger partial charge on any atom is 0.0681 e. The van der Waals surface area contributed by atoms with Crippen LogP contribution in [0.15, 0.2) is 0 Å². The first kappa shape index (κ1) is 10.9. The monoisotopic (exact) mass is 187 g/mol. The molecule has 0 aromatic rings. The molecule has 0 aliphatic heterocycles. The highest BCUT2D eigenvalue weighted by Gasteiger charge is 2.38. The van der Waals surface area contributed by atoms with E-state index in [1.54, 1.807) is 0 Å². The van der Waals surface area contributed by atoms with Gasteiger partial charge in [-0.1, -0.05) is 12.8 Å². The minimum atomic E-state index is -0.686. The molecule has 78 valence electrons. The zero-order chi connectivity index (χ0) is 10.1. The van der Waals surface area contributed by atoms with Crippen LogP contribution in [0.3, 0.4) is 0 Å². The van der Waals surface area contributed by atoms with Gasteiger partial charge in [-0.05, 0) is 12.8 Å². The Morgan fingerprint density at radius 3 is 2.15 bits per heavy atom. The normalized spacial score (nSPS) is 30.5. The Hall–Kier alpha value is -0.200. The summed E-state index contributed by atoms with van der Waals surface area (Å²) in [5, 5.41) is 0. The maximum absolute atomic E-state index is 5.95. The van der Waals surface area contributed by atoms with Crippen molar-refractivity contribution in [2.75, 3.05) is 0 Å². The molecule has 1 saturated carbocycles. The fraction of sp³-hybridized carbons (Fsp3) is 1.00. The summed E-state index contributed by atoms with van der Waals surface area (Å²) in [6.07, 6.45) is 3.38. The van der Waals surface area contributed by atoms with Crippen LogP contribution in [0.25, 0.3) is 0 Å². The molecule has 1 fully saturated rings. The third-order valence-corrected chi connectivity index (χ3v) is 2.97. The number of nitrogens with two attached hydrogens (primary N) is 5. The third kappa shape index (κ3) is 2.38. The van der Waals surface area contributed by atoms with Crippen molar-refractivity contribution in [2.24, 2.45) is 34.6 Å². The van der Waals surface area contributed by atoms with E-state index in [0.717, 1.165) is 25.7 Å². The summed E-state index contributed by atoms with van der Waals surface area (Å²) in [6.45, 7) is 0. The minimum Gasteiger partial charge on any atom is -0.325 e. The molecule has 0 amide bonds. The standard InChI is InChI=1S/C8H21N5/c9-6(7(10)11)5-3-1-2-4-8(5,12)13/h5-7H,1-4,9-13H2. The molecule has 1 rings (SSSR count). The van der Waals surface area contributed by atoms with Gasteiger partial charge in [0, 0.05) is 12.0 Å². The summed E-state index contributed by atoms with van der Waals surface area (Å²) in [5.74, 6) is 0.0428. The van der Waals surface area contributed by atoms with E-state index in [2.05, 4.69) is 0 Å². The lowest BCUT2D eigenvalue weighted by Crippen LogP contribution is -2.66. The summed E-state index contributed by atoms with van der Waals surface area (Å²) in [5.41, 5.74) is 28.1. The minimum absolute atomic E-state index is 0.0428. The Bertz CT molecular complexity index is 168. The first-order valence-corrected chi connectivity index (χ1v) is 4.79. The SMILES string of the molecule is NC(N)C(N)C1CCCCC1(N)N. The average molecular weight is 187 g/mol. The van der Waals surface area contributed by atoms with Crippen LogP contribution in [-0.2, 0) is 0 Å². The second-order valence-electron chi connectivity index (χ2n) is 4.12. The van der Waals surface area contributed by atoms with E-state index in [0.29, 0.717) is 0 Å². The van der Waals surface area contributed by atoms with Gasteiger partial charge in [-0.25, -0.2) is 0 Å². The van der Waals surface area contributed by atoms with Crippen LogP contribution in [0.5, 0.6) is 0 Å². The van der Waals surface area contributed by atoms with Gasteiger partial charge in [0.25, 0.3) is 0 Å². The Morgan fingerprint density at radius 2 is 1.69 bits per heavy atom. The van der Waals surface area contributed by atoms with Crippen molar-refractivity contribution in [3.05, 3.63) is 0 Å². The van der Waals surface area contributed by atoms with E-state index in [1.165, 1.54) is 0 Å². The van der Waals surface area contributed by atoms with Crippen molar-refractivity contribution < 1.29 is 0 Å². The molecular formula is C8H21N5. The van der Waals surface area contributed by atoms with Crippen LogP contribution in [0.2, 0.25) is 0 Å². The van der Waals surface area contributed by atoms with Gasteiger partial charge in [0.05, 0.1) is 11.8 Å². The molecule has 0 spiro atoms.